The smallest absolute Gasteiger partial charge is 0.315 e. The van der Waals surface area contributed by atoms with Gasteiger partial charge < -0.3 is 21.3 Å². The van der Waals surface area contributed by atoms with Gasteiger partial charge in [-0.25, -0.2) is 21.6 Å². The van der Waals surface area contributed by atoms with Crippen LogP contribution in [0, 0.1) is 19.8 Å². The highest BCUT2D eigenvalue weighted by Crippen LogP contribution is 2.33. The lowest BCUT2D eigenvalue weighted by molar-refractivity contribution is -0.122. The fraction of sp³-hybridized carbons (Fsp3) is 0.436. The van der Waals surface area contributed by atoms with Gasteiger partial charge in [0, 0.05) is 40.6 Å². The fourth-order valence-electron chi connectivity index (χ4n) is 7.13. The molecule has 2 aliphatic heterocycles. The Morgan fingerprint density at radius 3 is 1.85 bits per heavy atom. The van der Waals surface area contributed by atoms with E-state index < -0.39 is 42.9 Å². The molecule has 3 fully saturated rings. The number of sulfone groups is 2. The van der Waals surface area contributed by atoms with Gasteiger partial charge in [0.15, 0.2) is 25.5 Å². The van der Waals surface area contributed by atoms with Crippen molar-refractivity contribution in [3.63, 3.8) is 0 Å². The van der Waals surface area contributed by atoms with Crippen LogP contribution in [0.2, 0.25) is 0 Å². The quantitative estimate of drug-likeness (QED) is 0.0940. The van der Waals surface area contributed by atoms with Gasteiger partial charge in [-0.3, -0.25) is 14.4 Å². The zero-order chi connectivity index (χ0) is 38.6. The summed E-state index contributed by atoms with van der Waals surface area (Å²) in [4.78, 5) is 50.9. The molecule has 4 N–H and O–H groups in total. The zero-order valence-corrected chi connectivity index (χ0v) is 32.7. The van der Waals surface area contributed by atoms with Gasteiger partial charge in [0.1, 0.15) is 0 Å². The predicted molar refractivity (Wildman–Crippen MR) is 207 cm³/mol. The van der Waals surface area contributed by atoms with Crippen molar-refractivity contribution in [2.75, 3.05) is 17.3 Å². The van der Waals surface area contributed by atoms with E-state index in [-0.39, 0.29) is 62.9 Å². The number of hydrogen-bond acceptors (Lipinski definition) is 9. The van der Waals surface area contributed by atoms with Crippen LogP contribution >= 0.6 is 11.8 Å². The van der Waals surface area contributed by atoms with Crippen LogP contribution in [-0.2, 0) is 24.5 Å². The Morgan fingerprint density at radius 1 is 0.741 bits per heavy atom. The Morgan fingerprint density at radius 2 is 1.28 bits per heavy atom. The summed E-state index contributed by atoms with van der Waals surface area (Å²) in [5, 5.41) is 12.3. The van der Waals surface area contributed by atoms with Gasteiger partial charge >= 0.3 is 6.03 Å². The second kappa shape index (κ2) is 16.7. The number of carbonyl (C=O) groups is 4. The SMILES string of the molecule is Cc1ccc(S(=O)(=O)CC(CS(=O)(=O)c2ccc(C)cc2)C(=O)c2ccc(C(=O)NC3CC(NC(=O)CCCCC4SCC5NC(=O)NC54)C3)cc2)cc1. The monoisotopic (exact) mass is 794 g/mol. The van der Waals surface area contributed by atoms with Crippen LogP contribution in [0.25, 0.3) is 0 Å². The molecule has 0 bridgehead atoms. The van der Waals surface area contributed by atoms with Gasteiger partial charge in [-0.15, -0.1) is 0 Å². The van der Waals surface area contributed by atoms with Crippen molar-refractivity contribution in [2.45, 2.75) is 91.6 Å². The van der Waals surface area contributed by atoms with E-state index >= 15 is 0 Å². The van der Waals surface area contributed by atoms with E-state index in [1.807, 2.05) is 25.6 Å². The number of ketones is 1. The third-order valence-electron chi connectivity index (χ3n) is 10.3. The largest absolute Gasteiger partial charge is 0.353 e. The Labute approximate surface area is 320 Å². The van der Waals surface area contributed by atoms with Crippen LogP contribution in [0.4, 0.5) is 4.79 Å². The molecule has 0 aromatic heterocycles. The minimum Gasteiger partial charge on any atom is -0.353 e. The average molecular weight is 795 g/mol. The molecule has 12 nitrogen and oxygen atoms in total. The van der Waals surface area contributed by atoms with Crippen LogP contribution in [0.5, 0.6) is 0 Å². The summed E-state index contributed by atoms with van der Waals surface area (Å²) >= 11 is 1.86. The van der Waals surface area contributed by atoms with Crippen molar-refractivity contribution in [3.05, 3.63) is 95.1 Å². The molecule has 3 aliphatic rings. The van der Waals surface area contributed by atoms with Crippen molar-refractivity contribution in [1.82, 2.24) is 21.3 Å². The number of hydrogen-bond donors (Lipinski definition) is 4. The number of carbonyl (C=O) groups excluding carboxylic acids is 4. The van der Waals surface area contributed by atoms with Crippen molar-refractivity contribution in [1.29, 1.82) is 0 Å². The van der Waals surface area contributed by atoms with Crippen molar-refractivity contribution in [2.24, 2.45) is 5.92 Å². The number of amides is 4. The maximum absolute atomic E-state index is 13.8. The number of Topliss-reactive ketones (excluding diaryl/α,β-unsaturated/α-hetero) is 1. The Balaban J connectivity index is 0.997. The molecule has 0 radical (unpaired) electrons. The molecule has 3 aromatic carbocycles. The van der Waals surface area contributed by atoms with Crippen LogP contribution < -0.4 is 21.3 Å². The summed E-state index contributed by atoms with van der Waals surface area (Å²) in [5.41, 5.74) is 2.09. The molecule has 4 amide bonds. The van der Waals surface area contributed by atoms with Crippen molar-refractivity contribution < 1.29 is 36.0 Å². The molecule has 1 saturated carbocycles. The number of unbranched alkanes of at least 4 members (excludes halogenated alkanes) is 1. The number of rotatable bonds is 16. The highest BCUT2D eigenvalue weighted by atomic mass is 32.2. The predicted octanol–water partition coefficient (Wildman–Crippen LogP) is 4.15. The molecule has 1 aliphatic carbocycles. The summed E-state index contributed by atoms with van der Waals surface area (Å²) in [6.07, 6.45) is 4.21. The lowest BCUT2D eigenvalue weighted by Gasteiger charge is -2.36. The topological polar surface area (TPSA) is 185 Å². The van der Waals surface area contributed by atoms with Gasteiger partial charge in [-0.1, -0.05) is 53.9 Å². The first-order valence-corrected chi connectivity index (χ1v) is 22.5. The normalized spacial score (nSPS) is 22.1. The first kappa shape index (κ1) is 39.5. The van der Waals surface area contributed by atoms with E-state index in [2.05, 4.69) is 21.3 Å². The number of aryl methyl sites for hydroxylation is 2. The molecular formula is C39H46N4O8S3. The number of fused-ring (bicyclic) bond motifs is 1. The molecule has 3 unspecified atom stereocenters. The maximum atomic E-state index is 13.8. The molecule has 0 spiro atoms. The molecule has 15 heteroatoms. The summed E-state index contributed by atoms with van der Waals surface area (Å²) < 4.78 is 53.7. The second-order valence-electron chi connectivity index (χ2n) is 14.6. The van der Waals surface area contributed by atoms with E-state index in [9.17, 15) is 36.0 Å². The lowest BCUT2D eigenvalue weighted by atomic mass is 9.86. The molecule has 6 rings (SSSR count). The second-order valence-corrected chi connectivity index (χ2v) is 19.9. The van der Waals surface area contributed by atoms with E-state index in [4.69, 9.17) is 0 Å². The van der Waals surface area contributed by atoms with Gasteiger partial charge in [0.2, 0.25) is 5.91 Å². The lowest BCUT2D eigenvalue weighted by Crippen LogP contribution is -2.53. The number of thioether (sulfide) groups is 1. The highest BCUT2D eigenvalue weighted by molar-refractivity contribution is 8.00. The highest BCUT2D eigenvalue weighted by Gasteiger charge is 2.42. The van der Waals surface area contributed by atoms with Gasteiger partial charge in [0.05, 0.1) is 39.3 Å². The minimum atomic E-state index is -4.04. The van der Waals surface area contributed by atoms with Gasteiger partial charge in [-0.05, 0) is 75.9 Å². The van der Waals surface area contributed by atoms with Crippen molar-refractivity contribution >= 4 is 55.1 Å². The zero-order valence-electron chi connectivity index (χ0n) is 30.2. The molecule has 3 atom stereocenters. The first-order chi connectivity index (χ1) is 25.7. The standard InChI is InChI=1S/C39H46N4O8S3/c1-24-7-15-31(16-8-24)53(48,49)22-28(23-54(50,51)32-17-9-25(2)10-18-32)37(45)26-11-13-27(14-12-26)38(46)41-30-19-29(20-30)40-35(44)6-4-3-5-34-36-33(21-52-34)42-39(47)43-36/h7-18,28-30,33-34,36H,3-6,19-23H2,1-2H3,(H,40,44)(H,41,46)(H2,42,43,47). The molecule has 3 aromatic rings. The summed E-state index contributed by atoms with van der Waals surface area (Å²) in [7, 11) is -8.08. The molecule has 2 heterocycles. The minimum absolute atomic E-state index is 0.00418. The Bertz CT molecular complexity index is 2010. The van der Waals surface area contributed by atoms with E-state index in [0.29, 0.717) is 24.5 Å². The van der Waals surface area contributed by atoms with Gasteiger partial charge in [0.25, 0.3) is 5.91 Å². The first-order valence-electron chi connectivity index (χ1n) is 18.2. The van der Waals surface area contributed by atoms with Crippen LogP contribution in [-0.4, -0.2) is 87.1 Å². The maximum Gasteiger partial charge on any atom is 0.315 e. The molecule has 54 heavy (non-hydrogen) atoms. The van der Waals surface area contributed by atoms with Crippen LogP contribution in [0.15, 0.2) is 82.6 Å². The molecular weight excluding hydrogens is 749 g/mol. The van der Waals surface area contributed by atoms with Crippen LogP contribution in [0.1, 0.15) is 70.4 Å². The number of urea groups is 1. The number of benzene rings is 3. The van der Waals surface area contributed by atoms with Crippen molar-refractivity contribution in [3.8, 4) is 0 Å². The Hall–Kier alpha value is -4.21. The fourth-order valence-corrected chi connectivity index (χ4v) is 11.9. The molecule has 2 saturated heterocycles. The average Bonchev–Trinajstić information content (AvgIpc) is 3.67. The Kier molecular flexibility index (Phi) is 12.2. The third kappa shape index (κ3) is 9.71. The van der Waals surface area contributed by atoms with Gasteiger partial charge in [-0.2, -0.15) is 11.8 Å². The van der Waals surface area contributed by atoms with E-state index in [0.717, 1.165) is 36.1 Å². The summed E-state index contributed by atoms with van der Waals surface area (Å²) in [6, 6.07) is 18.2. The number of nitrogens with one attached hydrogen (secondary N) is 4. The third-order valence-corrected chi connectivity index (χ3v) is 15.5. The van der Waals surface area contributed by atoms with Crippen LogP contribution in [0.3, 0.4) is 0 Å². The van der Waals surface area contributed by atoms with E-state index in [1.165, 1.54) is 48.5 Å². The molecule has 288 valence electrons. The summed E-state index contributed by atoms with van der Waals surface area (Å²) in [5.74, 6) is -2.94. The van der Waals surface area contributed by atoms with E-state index in [1.54, 1.807) is 24.3 Å². The summed E-state index contributed by atoms with van der Waals surface area (Å²) in [6.45, 7) is 3.63.